The van der Waals surface area contributed by atoms with Crippen LogP contribution in [0.3, 0.4) is 0 Å². The van der Waals surface area contributed by atoms with Crippen LogP contribution in [-0.2, 0) is 14.8 Å². The molecule has 2 aromatic rings. The van der Waals surface area contributed by atoms with E-state index in [1.807, 2.05) is 0 Å². The molecule has 0 aliphatic heterocycles. The smallest absolute Gasteiger partial charge is 0.325 e. The first kappa shape index (κ1) is 21.7. The number of carbonyl (C=O) groups excluding carboxylic acids is 1. The van der Waals surface area contributed by atoms with Crippen LogP contribution in [0.5, 0.6) is 0 Å². The number of para-hydroxylation sites is 1. The second-order valence-corrected chi connectivity index (χ2v) is 9.78. The lowest BCUT2D eigenvalue weighted by molar-refractivity contribution is -0.116. The van der Waals surface area contributed by atoms with E-state index in [1.54, 1.807) is 11.4 Å². The molecule has 0 atom stereocenters. The number of sulfonamides is 1. The molecule has 0 unspecified atom stereocenters. The summed E-state index contributed by atoms with van der Waals surface area (Å²) in [6, 6.07) is 8.77. The van der Waals surface area contributed by atoms with E-state index in [2.05, 4.69) is 5.32 Å². The summed E-state index contributed by atoms with van der Waals surface area (Å²) < 4.78 is 63.6. The lowest BCUT2D eigenvalue weighted by Crippen LogP contribution is -2.28. The normalized spacial score (nSPS) is 12.3. The van der Waals surface area contributed by atoms with Crippen LogP contribution in [0.4, 0.5) is 18.9 Å². The third-order valence-electron chi connectivity index (χ3n) is 3.42. The number of hydrogen-bond donors (Lipinski definition) is 1. The Morgan fingerprint density at radius 2 is 1.93 bits per heavy atom. The number of rotatable bonds is 8. The van der Waals surface area contributed by atoms with Gasteiger partial charge in [-0.15, -0.1) is 11.3 Å². The van der Waals surface area contributed by atoms with Crippen molar-refractivity contribution in [3.05, 3.63) is 41.8 Å². The van der Waals surface area contributed by atoms with Gasteiger partial charge in [0, 0.05) is 24.9 Å². The average Bonchev–Trinajstić information content (AvgIpc) is 3.10. The van der Waals surface area contributed by atoms with Crippen molar-refractivity contribution in [2.24, 2.45) is 0 Å². The quantitative estimate of drug-likeness (QED) is 0.621. The van der Waals surface area contributed by atoms with E-state index in [-0.39, 0.29) is 45.9 Å². The maximum absolute atomic E-state index is 12.6. The number of halogens is 3. The number of thiophene rings is 1. The van der Waals surface area contributed by atoms with Crippen LogP contribution in [0.25, 0.3) is 0 Å². The number of nitrogens with zero attached hydrogens (tertiary/aromatic N) is 1. The standard InChI is InChI=1S/C16H17F3N2O3S3/c1-21(27(23,24)15-9-5-11-25-15)10-4-8-14(22)20-12-6-2-3-7-13(12)26-16(17,18)19/h2-3,5-7,9,11H,4,8,10H2,1H3,(H,20,22). The van der Waals surface area contributed by atoms with E-state index in [1.165, 1.54) is 37.4 Å². The molecular weight excluding hydrogens is 421 g/mol. The number of nitrogens with one attached hydrogen (secondary N) is 1. The van der Waals surface area contributed by atoms with Gasteiger partial charge >= 0.3 is 5.51 Å². The first-order chi connectivity index (χ1) is 12.6. The van der Waals surface area contributed by atoms with Crippen molar-refractivity contribution in [3.8, 4) is 0 Å². The average molecular weight is 439 g/mol. The Balaban J connectivity index is 1.89. The fourth-order valence-corrected chi connectivity index (χ4v) is 5.18. The number of benzene rings is 1. The van der Waals surface area contributed by atoms with Crippen LogP contribution in [0.15, 0.2) is 50.9 Å². The second-order valence-electron chi connectivity index (χ2n) is 5.45. The number of amides is 1. The van der Waals surface area contributed by atoms with Gasteiger partial charge in [0.1, 0.15) is 4.21 Å². The Hall–Kier alpha value is -1.56. The van der Waals surface area contributed by atoms with Crippen molar-refractivity contribution in [2.75, 3.05) is 18.9 Å². The Morgan fingerprint density at radius 1 is 1.22 bits per heavy atom. The molecule has 1 heterocycles. The van der Waals surface area contributed by atoms with Gasteiger partial charge in [0.2, 0.25) is 5.91 Å². The van der Waals surface area contributed by atoms with Crippen LogP contribution in [0.2, 0.25) is 0 Å². The summed E-state index contributed by atoms with van der Waals surface area (Å²) in [6.07, 6.45) is 0.219. The Labute approximate surface area is 163 Å². The molecule has 0 fully saturated rings. The predicted octanol–water partition coefficient (Wildman–Crippen LogP) is 4.40. The highest BCUT2D eigenvalue weighted by Crippen LogP contribution is 2.40. The van der Waals surface area contributed by atoms with Gasteiger partial charge in [-0.2, -0.15) is 13.2 Å². The zero-order chi connectivity index (χ0) is 20.1. The summed E-state index contributed by atoms with van der Waals surface area (Å²) in [7, 11) is -2.17. The third-order valence-corrected chi connectivity index (χ3v) is 7.46. The van der Waals surface area contributed by atoms with E-state index in [4.69, 9.17) is 0 Å². The molecule has 0 bridgehead atoms. The summed E-state index contributed by atoms with van der Waals surface area (Å²) in [5.74, 6) is -0.479. The van der Waals surface area contributed by atoms with Crippen molar-refractivity contribution in [3.63, 3.8) is 0 Å². The minimum absolute atomic E-state index is 0.0185. The molecule has 1 amide bonds. The van der Waals surface area contributed by atoms with Crippen molar-refractivity contribution in [1.82, 2.24) is 4.31 Å². The first-order valence-electron chi connectivity index (χ1n) is 7.74. The van der Waals surface area contributed by atoms with Crippen molar-refractivity contribution < 1.29 is 26.4 Å². The van der Waals surface area contributed by atoms with Crippen molar-refractivity contribution in [1.29, 1.82) is 0 Å². The molecule has 11 heteroatoms. The summed E-state index contributed by atoms with van der Waals surface area (Å²) >= 11 is 0.801. The van der Waals surface area contributed by atoms with E-state index in [0.717, 1.165) is 15.6 Å². The highest BCUT2D eigenvalue weighted by Gasteiger charge is 2.30. The molecule has 0 saturated carbocycles. The SMILES string of the molecule is CN(CCCC(=O)Nc1ccccc1SC(F)(F)F)S(=O)(=O)c1cccs1. The number of anilines is 1. The molecular formula is C16H17F3N2O3S3. The van der Waals surface area contributed by atoms with Crippen LogP contribution in [0, 0.1) is 0 Å². The summed E-state index contributed by atoms with van der Waals surface area (Å²) in [5, 5.41) is 4.10. The van der Waals surface area contributed by atoms with Gasteiger partial charge in [0.15, 0.2) is 0 Å². The maximum atomic E-state index is 12.6. The largest absolute Gasteiger partial charge is 0.446 e. The van der Waals surface area contributed by atoms with E-state index in [9.17, 15) is 26.4 Å². The lowest BCUT2D eigenvalue weighted by Gasteiger charge is -2.16. The van der Waals surface area contributed by atoms with Gasteiger partial charge in [-0.1, -0.05) is 18.2 Å². The molecule has 1 aromatic heterocycles. The second kappa shape index (κ2) is 9.09. The van der Waals surface area contributed by atoms with Crippen LogP contribution >= 0.6 is 23.1 Å². The topological polar surface area (TPSA) is 66.5 Å². The summed E-state index contributed by atoms with van der Waals surface area (Å²) in [4.78, 5) is 11.9. The predicted molar refractivity (Wildman–Crippen MR) is 100 cm³/mol. The zero-order valence-electron chi connectivity index (χ0n) is 14.2. The van der Waals surface area contributed by atoms with Crippen LogP contribution in [0.1, 0.15) is 12.8 Å². The molecule has 1 aromatic carbocycles. The molecule has 27 heavy (non-hydrogen) atoms. The van der Waals surface area contributed by atoms with E-state index in [0.29, 0.717) is 0 Å². The van der Waals surface area contributed by atoms with Gasteiger partial charge in [-0.25, -0.2) is 12.7 Å². The lowest BCUT2D eigenvalue weighted by atomic mass is 10.2. The zero-order valence-corrected chi connectivity index (χ0v) is 16.6. The monoisotopic (exact) mass is 438 g/mol. The van der Waals surface area contributed by atoms with E-state index < -0.39 is 21.4 Å². The number of thioether (sulfide) groups is 1. The van der Waals surface area contributed by atoms with E-state index >= 15 is 0 Å². The van der Waals surface area contributed by atoms with Gasteiger partial charge in [0.05, 0.1) is 5.69 Å². The maximum Gasteiger partial charge on any atom is 0.446 e. The molecule has 5 nitrogen and oxygen atoms in total. The Bertz CT molecular complexity index is 869. The minimum atomic E-state index is -4.46. The Morgan fingerprint density at radius 3 is 2.56 bits per heavy atom. The van der Waals surface area contributed by atoms with Crippen LogP contribution in [-0.4, -0.2) is 37.7 Å². The van der Waals surface area contributed by atoms with Crippen LogP contribution < -0.4 is 5.32 Å². The Kier molecular flexibility index (Phi) is 7.32. The number of hydrogen-bond acceptors (Lipinski definition) is 5. The fourth-order valence-electron chi connectivity index (χ4n) is 2.14. The highest BCUT2D eigenvalue weighted by atomic mass is 32.2. The minimum Gasteiger partial charge on any atom is -0.325 e. The molecule has 0 radical (unpaired) electrons. The molecule has 0 saturated heterocycles. The molecule has 148 valence electrons. The van der Waals surface area contributed by atoms with Crippen molar-refractivity contribution >= 4 is 44.7 Å². The molecule has 0 spiro atoms. The number of alkyl halides is 3. The number of carbonyl (C=O) groups is 1. The third kappa shape index (κ3) is 6.52. The first-order valence-corrected chi connectivity index (χ1v) is 10.9. The summed E-state index contributed by atoms with van der Waals surface area (Å²) in [6.45, 7) is 0.118. The molecule has 0 aliphatic rings. The molecule has 0 aliphatic carbocycles. The van der Waals surface area contributed by atoms with Gasteiger partial charge in [-0.3, -0.25) is 4.79 Å². The van der Waals surface area contributed by atoms with Gasteiger partial charge in [0.25, 0.3) is 10.0 Å². The molecule has 2 rings (SSSR count). The van der Waals surface area contributed by atoms with Gasteiger partial charge < -0.3 is 5.32 Å². The fraction of sp³-hybridized carbons (Fsp3) is 0.312. The van der Waals surface area contributed by atoms with Gasteiger partial charge in [-0.05, 0) is 41.8 Å². The molecule has 1 N–H and O–H groups in total. The summed E-state index contributed by atoms with van der Waals surface area (Å²) in [5.41, 5.74) is -4.39. The highest BCUT2D eigenvalue weighted by molar-refractivity contribution is 8.00. The van der Waals surface area contributed by atoms with Crippen molar-refractivity contribution in [2.45, 2.75) is 27.5 Å².